The van der Waals surface area contributed by atoms with Crippen molar-refractivity contribution in [3.8, 4) is 0 Å². The molecule has 0 spiro atoms. The van der Waals surface area contributed by atoms with Gasteiger partial charge in [-0.05, 0) is 24.6 Å². The van der Waals surface area contributed by atoms with Crippen molar-refractivity contribution >= 4 is 17.7 Å². The molecule has 0 aliphatic heterocycles. The Labute approximate surface area is 147 Å². The molecule has 0 saturated carbocycles. The number of carbonyl (C=O) groups is 3. The number of unbranched alkanes of at least 4 members (excludes halogenated alkanes) is 4. The standard InChI is InChI=1S/C18H26FN3O3/c1-2-3-4-5-6-12-20-16(23)10-11-17(24)21-22-18(25)14-8-7-9-15(19)13-14/h7-9,13H,2-6,10-12H2,1H3,(H,20,23)(H,21,24)(H,22,25). The summed E-state index contributed by atoms with van der Waals surface area (Å²) in [6.07, 6.45) is 5.58. The van der Waals surface area contributed by atoms with Gasteiger partial charge in [0.15, 0.2) is 0 Å². The fourth-order valence-electron chi connectivity index (χ4n) is 2.16. The summed E-state index contributed by atoms with van der Waals surface area (Å²) in [6, 6.07) is 5.12. The van der Waals surface area contributed by atoms with Crippen LogP contribution in [0.3, 0.4) is 0 Å². The molecule has 3 amide bonds. The summed E-state index contributed by atoms with van der Waals surface area (Å²) in [5.74, 6) is -1.83. The Hall–Kier alpha value is -2.44. The van der Waals surface area contributed by atoms with Gasteiger partial charge in [-0.25, -0.2) is 4.39 Å². The quantitative estimate of drug-likeness (QED) is 0.447. The number of hydrogen-bond donors (Lipinski definition) is 3. The van der Waals surface area contributed by atoms with Crippen molar-refractivity contribution in [2.75, 3.05) is 6.54 Å². The lowest BCUT2D eigenvalue weighted by Crippen LogP contribution is -2.42. The predicted molar refractivity (Wildman–Crippen MR) is 93.0 cm³/mol. The van der Waals surface area contributed by atoms with Crippen LogP contribution in [0, 0.1) is 5.82 Å². The molecule has 0 saturated heterocycles. The molecule has 1 aromatic carbocycles. The molecule has 0 heterocycles. The van der Waals surface area contributed by atoms with Crippen LogP contribution in [0.2, 0.25) is 0 Å². The van der Waals surface area contributed by atoms with Crippen LogP contribution in [-0.2, 0) is 9.59 Å². The molecular formula is C18H26FN3O3. The first-order valence-corrected chi connectivity index (χ1v) is 8.64. The van der Waals surface area contributed by atoms with Crippen molar-refractivity contribution in [3.05, 3.63) is 35.6 Å². The van der Waals surface area contributed by atoms with Crippen LogP contribution in [0.5, 0.6) is 0 Å². The Balaban J connectivity index is 2.13. The Bertz CT molecular complexity index is 578. The van der Waals surface area contributed by atoms with Gasteiger partial charge in [0.25, 0.3) is 5.91 Å². The smallest absolute Gasteiger partial charge is 0.269 e. The van der Waals surface area contributed by atoms with Crippen molar-refractivity contribution in [2.45, 2.75) is 51.9 Å². The lowest BCUT2D eigenvalue weighted by molar-refractivity contribution is -0.126. The monoisotopic (exact) mass is 351 g/mol. The normalized spacial score (nSPS) is 10.2. The number of amides is 3. The summed E-state index contributed by atoms with van der Waals surface area (Å²) < 4.78 is 13.0. The van der Waals surface area contributed by atoms with Crippen molar-refractivity contribution in [1.29, 1.82) is 0 Å². The second-order valence-corrected chi connectivity index (χ2v) is 5.78. The molecule has 0 atom stereocenters. The van der Waals surface area contributed by atoms with Crippen LogP contribution in [0.15, 0.2) is 24.3 Å². The average molecular weight is 351 g/mol. The van der Waals surface area contributed by atoms with Crippen LogP contribution >= 0.6 is 0 Å². The Morgan fingerprint density at radius 2 is 1.68 bits per heavy atom. The van der Waals surface area contributed by atoms with E-state index in [1.807, 2.05) is 0 Å². The Morgan fingerprint density at radius 1 is 0.960 bits per heavy atom. The molecule has 0 aliphatic rings. The van der Waals surface area contributed by atoms with Crippen LogP contribution in [0.25, 0.3) is 0 Å². The fraction of sp³-hybridized carbons (Fsp3) is 0.500. The first kappa shape index (κ1) is 20.6. The SMILES string of the molecule is CCCCCCCNC(=O)CCC(=O)NNC(=O)c1cccc(F)c1. The van der Waals surface area contributed by atoms with E-state index in [0.717, 1.165) is 18.9 Å². The van der Waals surface area contributed by atoms with E-state index in [9.17, 15) is 18.8 Å². The maximum atomic E-state index is 13.0. The first-order valence-electron chi connectivity index (χ1n) is 8.64. The molecule has 0 aromatic heterocycles. The lowest BCUT2D eigenvalue weighted by atomic mass is 10.1. The van der Waals surface area contributed by atoms with Gasteiger partial charge in [-0.2, -0.15) is 0 Å². The molecule has 3 N–H and O–H groups in total. The van der Waals surface area contributed by atoms with E-state index in [-0.39, 0.29) is 24.3 Å². The van der Waals surface area contributed by atoms with Crippen molar-refractivity contribution in [1.82, 2.24) is 16.2 Å². The summed E-state index contributed by atoms with van der Waals surface area (Å²) in [5, 5.41) is 2.76. The third kappa shape index (κ3) is 9.44. The predicted octanol–water partition coefficient (Wildman–Crippen LogP) is 2.45. The van der Waals surface area contributed by atoms with Gasteiger partial charge in [0.05, 0.1) is 0 Å². The maximum Gasteiger partial charge on any atom is 0.269 e. The summed E-state index contributed by atoms with van der Waals surface area (Å²) in [5.41, 5.74) is 4.49. The maximum absolute atomic E-state index is 13.0. The van der Waals surface area contributed by atoms with Crippen molar-refractivity contribution < 1.29 is 18.8 Å². The molecule has 1 rings (SSSR count). The molecule has 138 valence electrons. The van der Waals surface area contributed by atoms with E-state index >= 15 is 0 Å². The van der Waals surface area contributed by atoms with Gasteiger partial charge < -0.3 is 5.32 Å². The lowest BCUT2D eigenvalue weighted by Gasteiger charge is -2.08. The highest BCUT2D eigenvalue weighted by atomic mass is 19.1. The fourth-order valence-corrected chi connectivity index (χ4v) is 2.16. The van der Waals surface area contributed by atoms with Gasteiger partial charge in [-0.3, -0.25) is 25.2 Å². The minimum atomic E-state index is -0.621. The molecule has 7 heteroatoms. The van der Waals surface area contributed by atoms with E-state index in [4.69, 9.17) is 0 Å². The Kier molecular flexibility index (Phi) is 9.89. The molecule has 0 bridgehead atoms. The number of hydrogen-bond acceptors (Lipinski definition) is 3. The minimum absolute atomic E-state index is 0.0366. The third-order valence-corrected chi connectivity index (χ3v) is 3.58. The third-order valence-electron chi connectivity index (χ3n) is 3.58. The summed E-state index contributed by atoms with van der Waals surface area (Å²) in [4.78, 5) is 34.9. The van der Waals surface area contributed by atoms with E-state index in [1.54, 1.807) is 0 Å². The number of nitrogens with one attached hydrogen (secondary N) is 3. The number of carbonyl (C=O) groups excluding carboxylic acids is 3. The van der Waals surface area contributed by atoms with E-state index in [2.05, 4.69) is 23.1 Å². The second-order valence-electron chi connectivity index (χ2n) is 5.78. The highest BCUT2D eigenvalue weighted by molar-refractivity contribution is 5.95. The van der Waals surface area contributed by atoms with Gasteiger partial charge in [-0.15, -0.1) is 0 Å². The van der Waals surface area contributed by atoms with E-state index < -0.39 is 17.6 Å². The van der Waals surface area contributed by atoms with E-state index in [1.165, 1.54) is 37.5 Å². The molecule has 0 radical (unpaired) electrons. The molecule has 0 unspecified atom stereocenters. The van der Waals surface area contributed by atoms with Gasteiger partial charge in [0.2, 0.25) is 11.8 Å². The summed E-state index contributed by atoms with van der Waals surface area (Å²) in [7, 11) is 0. The minimum Gasteiger partial charge on any atom is -0.356 e. The number of benzene rings is 1. The van der Waals surface area contributed by atoms with Gasteiger partial charge >= 0.3 is 0 Å². The zero-order valence-corrected chi connectivity index (χ0v) is 14.6. The van der Waals surface area contributed by atoms with Gasteiger partial charge in [0.1, 0.15) is 5.82 Å². The Morgan fingerprint density at radius 3 is 2.40 bits per heavy atom. The number of rotatable bonds is 10. The van der Waals surface area contributed by atoms with Crippen LogP contribution in [0.4, 0.5) is 4.39 Å². The summed E-state index contributed by atoms with van der Waals surface area (Å²) in [6.45, 7) is 2.76. The largest absolute Gasteiger partial charge is 0.356 e. The van der Waals surface area contributed by atoms with Crippen LogP contribution < -0.4 is 16.2 Å². The van der Waals surface area contributed by atoms with Crippen molar-refractivity contribution in [3.63, 3.8) is 0 Å². The van der Waals surface area contributed by atoms with E-state index in [0.29, 0.717) is 6.54 Å². The number of halogens is 1. The highest BCUT2D eigenvalue weighted by Crippen LogP contribution is 2.03. The van der Waals surface area contributed by atoms with Gasteiger partial charge in [0, 0.05) is 24.9 Å². The second kappa shape index (κ2) is 12.0. The van der Waals surface area contributed by atoms with Crippen LogP contribution in [0.1, 0.15) is 62.2 Å². The molecule has 0 fully saturated rings. The highest BCUT2D eigenvalue weighted by Gasteiger charge is 2.09. The van der Waals surface area contributed by atoms with Crippen molar-refractivity contribution in [2.24, 2.45) is 0 Å². The molecular weight excluding hydrogens is 325 g/mol. The molecule has 25 heavy (non-hydrogen) atoms. The zero-order valence-electron chi connectivity index (χ0n) is 14.6. The average Bonchev–Trinajstić information content (AvgIpc) is 2.60. The molecule has 6 nitrogen and oxygen atoms in total. The van der Waals surface area contributed by atoms with Crippen LogP contribution in [-0.4, -0.2) is 24.3 Å². The molecule has 1 aromatic rings. The first-order chi connectivity index (χ1) is 12.0. The summed E-state index contributed by atoms with van der Waals surface area (Å²) >= 11 is 0. The van der Waals surface area contributed by atoms with Gasteiger partial charge in [-0.1, -0.05) is 38.7 Å². The topological polar surface area (TPSA) is 87.3 Å². The zero-order chi connectivity index (χ0) is 18.5. The number of hydrazine groups is 1. The molecule has 0 aliphatic carbocycles.